The van der Waals surface area contributed by atoms with E-state index in [0.717, 1.165) is 5.56 Å². The van der Waals surface area contributed by atoms with E-state index in [9.17, 15) is 9.90 Å². The number of amides is 1. The maximum atomic E-state index is 11.9. The van der Waals surface area contributed by atoms with Gasteiger partial charge in [0.05, 0.1) is 19.3 Å². The van der Waals surface area contributed by atoms with Crippen LogP contribution < -0.4 is 0 Å². The van der Waals surface area contributed by atoms with Gasteiger partial charge in [-0.2, -0.15) is 0 Å². The molecule has 4 heteroatoms. The highest BCUT2D eigenvalue weighted by Crippen LogP contribution is 2.19. The lowest BCUT2D eigenvalue weighted by Crippen LogP contribution is -2.40. The molecule has 0 saturated carbocycles. The molecule has 0 spiro atoms. The Morgan fingerprint density at radius 1 is 1.26 bits per heavy atom. The van der Waals surface area contributed by atoms with Gasteiger partial charge in [-0.05, 0) is 18.4 Å². The highest BCUT2D eigenvalue weighted by Gasteiger charge is 2.16. The Balaban J connectivity index is 1.69. The van der Waals surface area contributed by atoms with E-state index in [0.29, 0.717) is 45.6 Å². The molecule has 1 heterocycles. The fourth-order valence-electron chi connectivity index (χ4n) is 2.26. The molecule has 1 fully saturated rings. The Hall–Kier alpha value is -1.39. The van der Waals surface area contributed by atoms with Crippen molar-refractivity contribution in [3.8, 4) is 0 Å². The average Bonchev–Trinajstić information content (AvgIpc) is 2.49. The summed E-state index contributed by atoms with van der Waals surface area (Å²) < 4.78 is 5.22. The largest absolute Gasteiger partial charge is 0.388 e. The van der Waals surface area contributed by atoms with Gasteiger partial charge in [0, 0.05) is 19.5 Å². The maximum Gasteiger partial charge on any atom is 0.222 e. The molecule has 1 aromatic rings. The number of aliphatic hydroxyl groups excluding tert-OH is 1. The highest BCUT2D eigenvalue weighted by atomic mass is 16.5. The van der Waals surface area contributed by atoms with Crippen LogP contribution in [-0.4, -0.2) is 42.2 Å². The van der Waals surface area contributed by atoms with Crippen molar-refractivity contribution in [2.75, 3.05) is 26.3 Å². The van der Waals surface area contributed by atoms with Gasteiger partial charge in [-0.3, -0.25) is 4.79 Å². The van der Waals surface area contributed by atoms with Gasteiger partial charge in [0.2, 0.25) is 5.91 Å². The van der Waals surface area contributed by atoms with E-state index in [2.05, 4.69) is 0 Å². The van der Waals surface area contributed by atoms with Gasteiger partial charge >= 0.3 is 0 Å². The zero-order valence-corrected chi connectivity index (χ0v) is 11.1. The van der Waals surface area contributed by atoms with Crippen LogP contribution in [0.3, 0.4) is 0 Å². The number of hydrogen-bond donors (Lipinski definition) is 1. The van der Waals surface area contributed by atoms with Crippen molar-refractivity contribution in [2.24, 2.45) is 0 Å². The third-order valence-corrected chi connectivity index (χ3v) is 3.42. The predicted molar refractivity (Wildman–Crippen MR) is 72.7 cm³/mol. The molecular weight excluding hydrogens is 242 g/mol. The van der Waals surface area contributed by atoms with Gasteiger partial charge in [0.25, 0.3) is 0 Å². The molecule has 1 amide bonds. The van der Waals surface area contributed by atoms with E-state index < -0.39 is 6.10 Å². The van der Waals surface area contributed by atoms with E-state index in [1.807, 2.05) is 35.2 Å². The Morgan fingerprint density at radius 3 is 2.63 bits per heavy atom. The van der Waals surface area contributed by atoms with Crippen LogP contribution in [0.25, 0.3) is 0 Å². The first-order valence-electron chi connectivity index (χ1n) is 6.86. The van der Waals surface area contributed by atoms with Crippen molar-refractivity contribution < 1.29 is 14.6 Å². The van der Waals surface area contributed by atoms with Crippen molar-refractivity contribution >= 4 is 5.91 Å². The van der Waals surface area contributed by atoms with E-state index >= 15 is 0 Å². The number of carbonyl (C=O) groups is 1. The van der Waals surface area contributed by atoms with Crippen LogP contribution in [-0.2, 0) is 9.53 Å². The van der Waals surface area contributed by atoms with Crippen molar-refractivity contribution in [3.63, 3.8) is 0 Å². The molecule has 1 aliphatic heterocycles. The first-order chi connectivity index (χ1) is 9.27. The quantitative estimate of drug-likeness (QED) is 0.880. The number of carbonyl (C=O) groups excluding carboxylic acids is 1. The van der Waals surface area contributed by atoms with E-state index in [4.69, 9.17) is 4.74 Å². The van der Waals surface area contributed by atoms with Crippen LogP contribution >= 0.6 is 0 Å². The lowest BCUT2D eigenvalue weighted by molar-refractivity contribution is -0.135. The molecule has 1 aliphatic rings. The number of rotatable bonds is 5. The summed E-state index contributed by atoms with van der Waals surface area (Å²) in [4.78, 5) is 13.8. The first kappa shape index (κ1) is 14.0. The maximum absolute atomic E-state index is 11.9. The van der Waals surface area contributed by atoms with E-state index in [1.165, 1.54) is 0 Å². The molecule has 1 saturated heterocycles. The number of hydrogen-bond acceptors (Lipinski definition) is 3. The van der Waals surface area contributed by atoms with Crippen LogP contribution in [0, 0.1) is 0 Å². The minimum atomic E-state index is -0.473. The van der Waals surface area contributed by atoms with Crippen LogP contribution in [0.2, 0.25) is 0 Å². The van der Waals surface area contributed by atoms with Crippen molar-refractivity contribution in [2.45, 2.75) is 25.4 Å². The standard InChI is InChI=1S/C15H21NO3/c17-14(13-5-2-1-3-6-13)7-4-8-15(18)16-9-11-19-12-10-16/h1-3,5-6,14,17H,4,7-12H2. The molecule has 0 aromatic heterocycles. The normalized spacial score (nSPS) is 17.2. The molecule has 1 N–H and O–H groups in total. The van der Waals surface area contributed by atoms with Gasteiger partial charge < -0.3 is 14.7 Å². The van der Waals surface area contributed by atoms with Gasteiger partial charge in [0.1, 0.15) is 0 Å². The Labute approximate surface area is 114 Å². The second-order valence-corrected chi connectivity index (χ2v) is 4.81. The summed E-state index contributed by atoms with van der Waals surface area (Å²) in [6.07, 6.45) is 1.37. The number of aliphatic hydroxyl groups is 1. The fraction of sp³-hybridized carbons (Fsp3) is 0.533. The van der Waals surface area contributed by atoms with Crippen molar-refractivity contribution in [1.29, 1.82) is 0 Å². The molecule has 0 bridgehead atoms. The zero-order chi connectivity index (χ0) is 13.5. The number of nitrogens with zero attached hydrogens (tertiary/aromatic N) is 1. The number of morpholine rings is 1. The molecule has 1 aromatic carbocycles. The molecule has 0 aliphatic carbocycles. The first-order valence-corrected chi connectivity index (χ1v) is 6.86. The Kier molecular flexibility index (Phi) is 5.36. The molecular formula is C15H21NO3. The smallest absolute Gasteiger partial charge is 0.222 e. The zero-order valence-electron chi connectivity index (χ0n) is 11.1. The molecule has 104 valence electrons. The van der Waals surface area contributed by atoms with Gasteiger partial charge in [-0.1, -0.05) is 30.3 Å². The third-order valence-electron chi connectivity index (χ3n) is 3.42. The van der Waals surface area contributed by atoms with E-state index in [1.54, 1.807) is 0 Å². The Bertz CT molecular complexity index is 388. The Morgan fingerprint density at radius 2 is 1.95 bits per heavy atom. The summed E-state index contributed by atoms with van der Waals surface area (Å²) in [6.45, 7) is 2.66. The van der Waals surface area contributed by atoms with Gasteiger partial charge in [0.15, 0.2) is 0 Å². The molecule has 2 rings (SSSR count). The molecule has 0 radical (unpaired) electrons. The summed E-state index contributed by atoms with van der Waals surface area (Å²) >= 11 is 0. The van der Waals surface area contributed by atoms with Gasteiger partial charge in [-0.25, -0.2) is 0 Å². The monoisotopic (exact) mass is 263 g/mol. The lowest BCUT2D eigenvalue weighted by atomic mass is 10.0. The number of ether oxygens (including phenoxy) is 1. The SMILES string of the molecule is O=C(CCCC(O)c1ccccc1)N1CCOCC1. The van der Waals surface area contributed by atoms with Crippen LogP contribution in [0.5, 0.6) is 0 Å². The van der Waals surface area contributed by atoms with E-state index in [-0.39, 0.29) is 5.91 Å². The molecule has 19 heavy (non-hydrogen) atoms. The summed E-state index contributed by atoms with van der Waals surface area (Å²) in [6, 6.07) is 9.58. The second kappa shape index (κ2) is 7.26. The minimum absolute atomic E-state index is 0.170. The summed E-state index contributed by atoms with van der Waals surface area (Å²) in [5.74, 6) is 0.170. The van der Waals surface area contributed by atoms with Crippen LogP contribution in [0.1, 0.15) is 30.9 Å². The number of benzene rings is 1. The lowest BCUT2D eigenvalue weighted by Gasteiger charge is -2.27. The average molecular weight is 263 g/mol. The van der Waals surface area contributed by atoms with Crippen LogP contribution in [0.15, 0.2) is 30.3 Å². The third kappa shape index (κ3) is 4.33. The van der Waals surface area contributed by atoms with Crippen LogP contribution in [0.4, 0.5) is 0 Å². The summed E-state index contributed by atoms with van der Waals surface area (Å²) in [7, 11) is 0. The topological polar surface area (TPSA) is 49.8 Å². The fourth-order valence-corrected chi connectivity index (χ4v) is 2.26. The highest BCUT2D eigenvalue weighted by molar-refractivity contribution is 5.76. The minimum Gasteiger partial charge on any atom is -0.388 e. The molecule has 1 unspecified atom stereocenters. The summed E-state index contributed by atoms with van der Waals surface area (Å²) in [5, 5.41) is 10.00. The predicted octanol–water partition coefficient (Wildman–Crippen LogP) is 1.75. The molecule has 4 nitrogen and oxygen atoms in total. The van der Waals surface area contributed by atoms with Gasteiger partial charge in [-0.15, -0.1) is 0 Å². The second-order valence-electron chi connectivity index (χ2n) is 4.81. The summed E-state index contributed by atoms with van der Waals surface area (Å²) in [5.41, 5.74) is 0.918. The van der Waals surface area contributed by atoms with Crippen molar-refractivity contribution in [1.82, 2.24) is 4.90 Å². The molecule has 1 atom stereocenters. The van der Waals surface area contributed by atoms with Crippen molar-refractivity contribution in [3.05, 3.63) is 35.9 Å².